The lowest BCUT2D eigenvalue weighted by molar-refractivity contribution is 0.101. The minimum atomic E-state index is -3.66. The largest absolute Gasteiger partial charge is 0.342 e. The third-order valence-corrected chi connectivity index (χ3v) is 5.10. The molecule has 6 nitrogen and oxygen atoms in total. The summed E-state index contributed by atoms with van der Waals surface area (Å²) in [5, 5.41) is 0. The number of aromatic amines is 1. The predicted molar refractivity (Wildman–Crippen MR) is 91.4 cm³/mol. The number of para-hydroxylation sites is 2. The van der Waals surface area contributed by atoms with Crippen molar-refractivity contribution in [2.24, 2.45) is 0 Å². The van der Waals surface area contributed by atoms with Crippen molar-refractivity contribution in [1.82, 2.24) is 14.7 Å². The SMILES string of the molecule is CC(=O)c1cccc(S(=O)(=O)NCCc2nc3ccccc3[nH]2)c1. The maximum absolute atomic E-state index is 12.3. The molecule has 0 amide bonds. The topological polar surface area (TPSA) is 91.9 Å². The Hall–Kier alpha value is -2.51. The van der Waals surface area contributed by atoms with Crippen LogP contribution in [0, 0.1) is 0 Å². The van der Waals surface area contributed by atoms with Gasteiger partial charge in [0.15, 0.2) is 5.78 Å². The van der Waals surface area contributed by atoms with Gasteiger partial charge in [0.2, 0.25) is 10.0 Å². The minimum Gasteiger partial charge on any atom is -0.342 e. The number of aromatic nitrogens is 2. The minimum absolute atomic E-state index is 0.0832. The molecule has 0 aliphatic heterocycles. The van der Waals surface area contributed by atoms with E-state index < -0.39 is 10.0 Å². The number of carbonyl (C=O) groups excluding carboxylic acids is 1. The maximum atomic E-state index is 12.3. The second-order valence-electron chi connectivity index (χ2n) is 5.43. The van der Waals surface area contributed by atoms with Crippen molar-refractivity contribution < 1.29 is 13.2 Å². The molecule has 0 spiro atoms. The van der Waals surface area contributed by atoms with Gasteiger partial charge in [-0.05, 0) is 31.2 Å². The van der Waals surface area contributed by atoms with E-state index in [1.165, 1.54) is 19.1 Å². The van der Waals surface area contributed by atoms with E-state index in [1.54, 1.807) is 12.1 Å². The van der Waals surface area contributed by atoms with Crippen LogP contribution in [0.3, 0.4) is 0 Å². The van der Waals surface area contributed by atoms with Gasteiger partial charge in [-0.15, -0.1) is 0 Å². The van der Waals surface area contributed by atoms with Crippen molar-refractivity contribution in [1.29, 1.82) is 0 Å². The van der Waals surface area contributed by atoms with Gasteiger partial charge in [0.25, 0.3) is 0 Å². The van der Waals surface area contributed by atoms with E-state index in [2.05, 4.69) is 14.7 Å². The van der Waals surface area contributed by atoms with Crippen molar-refractivity contribution in [3.05, 3.63) is 59.9 Å². The normalized spacial score (nSPS) is 11.7. The summed E-state index contributed by atoms with van der Waals surface area (Å²) < 4.78 is 27.2. The number of hydrogen-bond acceptors (Lipinski definition) is 4. The van der Waals surface area contributed by atoms with Gasteiger partial charge in [-0.25, -0.2) is 18.1 Å². The van der Waals surface area contributed by atoms with Crippen LogP contribution in [-0.4, -0.2) is 30.7 Å². The molecule has 24 heavy (non-hydrogen) atoms. The van der Waals surface area contributed by atoms with Crippen molar-refractivity contribution in [2.75, 3.05) is 6.54 Å². The fourth-order valence-electron chi connectivity index (χ4n) is 2.39. The average molecular weight is 343 g/mol. The Morgan fingerprint density at radius 2 is 1.96 bits per heavy atom. The Morgan fingerprint density at radius 3 is 2.71 bits per heavy atom. The van der Waals surface area contributed by atoms with Crippen LogP contribution >= 0.6 is 0 Å². The van der Waals surface area contributed by atoms with Gasteiger partial charge in [0.1, 0.15) is 5.82 Å². The van der Waals surface area contributed by atoms with E-state index in [1.807, 2.05) is 24.3 Å². The van der Waals surface area contributed by atoms with Crippen LogP contribution < -0.4 is 4.72 Å². The number of sulfonamides is 1. The Kier molecular flexibility index (Phi) is 4.46. The molecule has 0 atom stereocenters. The lowest BCUT2D eigenvalue weighted by atomic mass is 10.2. The molecule has 0 bridgehead atoms. The van der Waals surface area contributed by atoms with Gasteiger partial charge in [-0.1, -0.05) is 24.3 Å². The fraction of sp³-hybridized carbons (Fsp3) is 0.176. The number of H-pyrrole nitrogens is 1. The quantitative estimate of drug-likeness (QED) is 0.672. The average Bonchev–Trinajstić information content (AvgIpc) is 2.97. The van der Waals surface area contributed by atoms with Gasteiger partial charge >= 0.3 is 0 Å². The zero-order chi connectivity index (χ0) is 17.2. The summed E-state index contributed by atoms with van der Waals surface area (Å²) in [7, 11) is -3.66. The van der Waals surface area contributed by atoms with Gasteiger partial charge in [0, 0.05) is 18.5 Å². The number of fused-ring (bicyclic) bond motifs is 1. The number of ketones is 1. The van der Waals surface area contributed by atoms with Gasteiger partial charge < -0.3 is 4.98 Å². The molecule has 0 radical (unpaired) electrons. The van der Waals surface area contributed by atoms with E-state index in [0.717, 1.165) is 16.9 Å². The molecule has 2 N–H and O–H groups in total. The number of benzene rings is 2. The van der Waals surface area contributed by atoms with Crippen molar-refractivity contribution in [3.8, 4) is 0 Å². The monoisotopic (exact) mass is 343 g/mol. The first-order valence-electron chi connectivity index (χ1n) is 7.50. The molecule has 1 aromatic heterocycles. The lowest BCUT2D eigenvalue weighted by Crippen LogP contribution is -2.26. The van der Waals surface area contributed by atoms with Crippen molar-refractivity contribution in [2.45, 2.75) is 18.2 Å². The maximum Gasteiger partial charge on any atom is 0.240 e. The van der Waals surface area contributed by atoms with Crippen LogP contribution in [0.2, 0.25) is 0 Å². The molecule has 0 aliphatic rings. The van der Waals surface area contributed by atoms with E-state index in [0.29, 0.717) is 12.0 Å². The third-order valence-electron chi connectivity index (χ3n) is 3.64. The highest BCUT2D eigenvalue weighted by molar-refractivity contribution is 7.89. The summed E-state index contributed by atoms with van der Waals surface area (Å²) in [6.07, 6.45) is 0.445. The highest BCUT2D eigenvalue weighted by Gasteiger charge is 2.15. The van der Waals surface area contributed by atoms with E-state index >= 15 is 0 Å². The van der Waals surface area contributed by atoms with E-state index in [4.69, 9.17) is 0 Å². The predicted octanol–water partition coefficient (Wildman–Crippen LogP) is 2.29. The lowest BCUT2D eigenvalue weighted by Gasteiger charge is -2.07. The first kappa shape index (κ1) is 16.4. The van der Waals surface area contributed by atoms with Crippen molar-refractivity contribution >= 4 is 26.8 Å². The standard InChI is InChI=1S/C17H17N3O3S/c1-12(21)13-5-4-6-14(11-13)24(22,23)18-10-9-17-19-15-7-2-3-8-16(15)20-17/h2-8,11,18H,9-10H2,1H3,(H,19,20). The van der Waals surface area contributed by atoms with Crippen LogP contribution in [0.5, 0.6) is 0 Å². The molecule has 0 aliphatic carbocycles. The zero-order valence-electron chi connectivity index (χ0n) is 13.1. The van der Waals surface area contributed by atoms with Crippen molar-refractivity contribution in [3.63, 3.8) is 0 Å². The molecule has 2 aromatic carbocycles. The number of rotatable bonds is 6. The molecule has 0 fully saturated rings. The number of nitrogens with zero attached hydrogens (tertiary/aromatic N) is 1. The molecule has 124 valence electrons. The van der Waals surface area contributed by atoms with Crippen LogP contribution in [0.1, 0.15) is 23.1 Å². The van der Waals surface area contributed by atoms with Gasteiger partial charge in [-0.3, -0.25) is 4.79 Å². The molecule has 0 unspecified atom stereocenters. The molecule has 3 rings (SSSR count). The van der Waals surface area contributed by atoms with Crippen LogP contribution in [0.15, 0.2) is 53.4 Å². The molecule has 0 saturated carbocycles. The highest BCUT2D eigenvalue weighted by Crippen LogP contribution is 2.13. The van der Waals surface area contributed by atoms with Gasteiger partial charge in [-0.2, -0.15) is 0 Å². The smallest absolute Gasteiger partial charge is 0.240 e. The number of hydrogen-bond donors (Lipinski definition) is 2. The number of imidazole rings is 1. The third kappa shape index (κ3) is 3.52. The Bertz CT molecular complexity index is 960. The summed E-state index contributed by atoms with van der Waals surface area (Å²) in [4.78, 5) is 19.0. The van der Waals surface area contributed by atoms with Crippen LogP contribution in [-0.2, 0) is 16.4 Å². The van der Waals surface area contributed by atoms with Gasteiger partial charge in [0.05, 0.1) is 15.9 Å². The molecular formula is C17H17N3O3S. The number of nitrogens with one attached hydrogen (secondary N) is 2. The molecule has 1 heterocycles. The summed E-state index contributed by atoms with van der Waals surface area (Å²) in [6, 6.07) is 13.6. The summed E-state index contributed by atoms with van der Waals surface area (Å²) in [5.74, 6) is 0.547. The number of Topliss-reactive ketones (excluding diaryl/α,β-unsaturated/α-hetero) is 1. The highest BCUT2D eigenvalue weighted by atomic mass is 32.2. The Balaban J connectivity index is 1.69. The first-order chi connectivity index (χ1) is 11.5. The van der Waals surface area contributed by atoms with Crippen LogP contribution in [0.25, 0.3) is 11.0 Å². The molecule has 7 heteroatoms. The fourth-order valence-corrected chi connectivity index (χ4v) is 3.47. The second kappa shape index (κ2) is 6.54. The first-order valence-corrected chi connectivity index (χ1v) is 8.98. The second-order valence-corrected chi connectivity index (χ2v) is 7.20. The molecule has 3 aromatic rings. The zero-order valence-corrected chi connectivity index (χ0v) is 13.9. The van der Waals surface area contributed by atoms with E-state index in [-0.39, 0.29) is 17.2 Å². The summed E-state index contributed by atoms with van der Waals surface area (Å²) in [5.41, 5.74) is 2.14. The summed E-state index contributed by atoms with van der Waals surface area (Å²) in [6.45, 7) is 1.62. The van der Waals surface area contributed by atoms with E-state index in [9.17, 15) is 13.2 Å². The summed E-state index contributed by atoms with van der Waals surface area (Å²) >= 11 is 0. The number of carbonyl (C=O) groups is 1. The molecule has 0 saturated heterocycles. The molecular weight excluding hydrogens is 326 g/mol. The Labute approximate surface area is 140 Å². The Morgan fingerprint density at radius 1 is 1.17 bits per heavy atom. The van der Waals surface area contributed by atoms with Crippen LogP contribution in [0.4, 0.5) is 0 Å².